The minimum atomic E-state index is -0.135. The first-order valence-electron chi connectivity index (χ1n) is 8.78. The summed E-state index contributed by atoms with van der Waals surface area (Å²) in [6.07, 6.45) is 4.77. The molecule has 5 heteroatoms. The van der Waals surface area contributed by atoms with E-state index in [0.717, 1.165) is 12.8 Å². The maximum atomic E-state index is 12.6. The van der Waals surface area contributed by atoms with Crippen molar-refractivity contribution in [2.45, 2.75) is 31.7 Å². The van der Waals surface area contributed by atoms with Crippen LogP contribution >= 0.6 is 11.3 Å². The van der Waals surface area contributed by atoms with Crippen LogP contribution in [0.15, 0.2) is 47.8 Å². The molecule has 1 aliphatic carbocycles. The van der Waals surface area contributed by atoms with Crippen molar-refractivity contribution >= 4 is 23.2 Å². The van der Waals surface area contributed by atoms with Crippen molar-refractivity contribution in [2.75, 3.05) is 13.6 Å². The number of benzene rings is 1. The lowest BCUT2D eigenvalue weighted by Crippen LogP contribution is -2.41. The number of carbonyl (C=O) groups is 2. The van der Waals surface area contributed by atoms with Gasteiger partial charge in [0.25, 0.3) is 5.91 Å². The molecule has 1 fully saturated rings. The third-order valence-corrected chi connectivity index (χ3v) is 5.74. The molecule has 1 aliphatic rings. The fourth-order valence-corrected chi connectivity index (χ4v) is 4.36. The van der Waals surface area contributed by atoms with Crippen molar-refractivity contribution < 1.29 is 9.59 Å². The molecule has 1 saturated carbocycles. The summed E-state index contributed by atoms with van der Waals surface area (Å²) in [7, 11) is 1.67. The number of hydrogen-bond acceptors (Lipinski definition) is 3. The van der Waals surface area contributed by atoms with Crippen LogP contribution in [0, 0.1) is 5.92 Å². The fraction of sp³-hybridized carbons (Fsp3) is 0.400. The highest BCUT2D eigenvalue weighted by atomic mass is 32.1. The largest absolute Gasteiger partial charge is 0.347 e. The highest BCUT2D eigenvalue weighted by Crippen LogP contribution is 2.37. The number of carbonyl (C=O) groups excluding carboxylic acids is 2. The van der Waals surface area contributed by atoms with E-state index in [1.54, 1.807) is 30.5 Å². The van der Waals surface area contributed by atoms with Crippen molar-refractivity contribution in [3.8, 4) is 0 Å². The smallest absolute Gasteiger partial charge is 0.254 e. The van der Waals surface area contributed by atoms with Crippen molar-refractivity contribution in [1.29, 1.82) is 0 Å². The van der Waals surface area contributed by atoms with Crippen molar-refractivity contribution in [3.63, 3.8) is 0 Å². The third-order valence-electron chi connectivity index (χ3n) is 4.79. The standard InChI is InChI=1S/C20H24N2O2S/c1-22(20(24)16-10-3-2-4-11-16)14-18(23)21-19(15-8-5-6-9-15)17-12-7-13-25-17/h2-4,7,10-13,15,19H,5-6,8-9,14H2,1H3,(H,21,23). The van der Waals surface area contributed by atoms with E-state index < -0.39 is 0 Å². The van der Waals surface area contributed by atoms with Crippen LogP contribution in [0.4, 0.5) is 0 Å². The molecule has 0 saturated heterocycles. The number of rotatable bonds is 6. The Morgan fingerprint density at radius 3 is 2.52 bits per heavy atom. The average molecular weight is 356 g/mol. The van der Waals surface area contributed by atoms with Gasteiger partial charge in [-0.15, -0.1) is 11.3 Å². The first kappa shape index (κ1) is 17.7. The van der Waals surface area contributed by atoms with Gasteiger partial charge in [-0.05, 0) is 42.3 Å². The Hall–Kier alpha value is -2.14. The predicted molar refractivity (Wildman–Crippen MR) is 101 cm³/mol. The van der Waals surface area contributed by atoms with E-state index in [-0.39, 0.29) is 24.4 Å². The Morgan fingerprint density at radius 1 is 1.16 bits per heavy atom. The van der Waals surface area contributed by atoms with E-state index in [1.165, 1.54) is 22.6 Å². The molecule has 1 aromatic carbocycles. The van der Waals surface area contributed by atoms with Gasteiger partial charge in [0.15, 0.2) is 0 Å². The van der Waals surface area contributed by atoms with Crippen LogP contribution in [-0.2, 0) is 4.79 Å². The Bertz CT molecular complexity index is 694. The molecule has 25 heavy (non-hydrogen) atoms. The molecule has 0 aliphatic heterocycles. The molecule has 1 atom stereocenters. The van der Waals surface area contributed by atoms with Crippen molar-refractivity contribution in [2.24, 2.45) is 5.92 Å². The third kappa shape index (κ3) is 4.48. The molecular formula is C20H24N2O2S. The monoisotopic (exact) mass is 356 g/mol. The second kappa shape index (κ2) is 8.30. The number of hydrogen-bond donors (Lipinski definition) is 1. The summed E-state index contributed by atoms with van der Waals surface area (Å²) in [6, 6.07) is 13.2. The predicted octanol–water partition coefficient (Wildman–Crippen LogP) is 3.87. The van der Waals surface area contributed by atoms with E-state index in [4.69, 9.17) is 0 Å². The van der Waals surface area contributed by atoms with Gasteiger partial charge < -0.3 is 10.2 Å². The van der Waals surface area contributed by atoms with Gasteiger partial charge in [0.2, 0.25) is 5.91 Å². The Labute approximate surface area is 152 Å². The van der Waals surface area contributed by atoms with Gasteiger partial charge in [-0.3, -0.25) is 9.59 Å². The van der Waals surface area contributed by atoms with E-state index in [1.807, 2.05) is 24.3 Å². The highest BCUT2D eigenvalue weighted by Gasteiger charge is 2.29. The summed E-state index contributed by atoms with van der Waals surface area (Å²) in [5.41, 5.74) is 0.600. The molecule has 0 spiro atoms. The summed E-state index contributed by atoms with van der Waals surface area (Å²) >= 11 is 1.69. The second-order valence-corrected chi connectivity index (χ2v) is 7.61. The first-order valence-corrected chi connectivity index (χ1v) is 9.66. The highest BCUT2D eigenvalue weighted by molar-refractivity contribution is 7.10. The number of nitrogens with one attached hydrogen (secondary N) is 1. The summed E-state index contributed by atoms with van der Waals surface area (Å²) < 4.78 is 0. The lowest BCUT2D eigenvalue weighted by atomic mass is 9.96. The molecule has 1 aromatic heterocycles. The summed E-state index contributed by atoms with van der Waals surface area (Å²) in [4.78, 5) is 27.6. The summed E-state index contributed by atoms with van der Waals surface area (Å²) in [5.74, 6) is 0.263. The molecule has 1 N–H and O–H groups in total. The molecule has 4 nitrogen and oxygen atoms in total. The SMILES string of the molecule is CN(CC(=O)NC(c1cccs1)C1CCCC1)C(=O)c1ccccc1. The molecule has 0 radical (unpaired) electrons. The number of amides is 2. The Balaban J connectivity index is 1.62. The lowest BCUT2D eigenvalue weighted by Gasteiger charge is -2.25. The van der Waals surface area contributed by atoms with Crippen molar-refractivity contribution in [3.05, 3.63) is 58.3 Å². The van der Waals surface area contributed by atoms with Gasteiger partial charge in [-0.1, -0.05) is 37.1 Å². The topological polar surface area (TPSA) is 49.4 Å². The minimum absolute atomic E-state index is 0.0650. The molecule has 1 unspecified atom stereocenters. The lowest BCUT2D eigenvalue weighted by molar-refractivity contribution is -0.122. The van der Waals surface area contributed by atoms with E-state index in [0.29, 0.717) is 11.5 Å². The van der Waals surface area contributed by atoms with Gasteiger partial charge in [0, 0.05) is 17.5 Å². The van der Waals surface area contributed by atoms with Gasteiger partial charge in [-0.2, -0.15) is 0 Å². The zero-order valence-electron chi connectivity index (χ0n) is 14.5. The number of likely N-dealkylation sites (N-methyl/N-ethyl adjacent to an activating group) is 1. The van der Waals surface area contributed by atoms with Crippen LogP contribution in [0.25, 0.3) is 0 Å². The normalized spacial score (nSPS) is 15.7. The average Bonchev–Trinajstić information content (AvgIpc) is 3.33. The Kier molecular flexibility index (Phi) is 5.87. The van der Waals surface area contributed by atoms with Crippen LogP contribution < -0.4 is 5.32 Å². The zero-order valence-corrected chi connectivity index (χ0v) is 15.3. The molecular weight excluding hydrogens is 332 g/mol. The van der Waals surface area contributed by atoms with Gasteiger partial charge in [-0.25, -0.2) is 0 Å². The molecule has 2 amide bonds. The number of thiophene rings is 1. The van der Waals surface area contributed by atoms with Crippen LogP contribution in [-0.4, -0.2) is 30.3 Å². The van der Waals surface area contributed by atoms with Gasteiger partial charge in [0.1, 0.15) is 0 Å². The fourth-order valence-electron chi connectivity index (χ4n) is 3.49. The summed E-state index contributed by atoms with van der Waals surface area (Å²) in [5, 5.41) is 5.23. The molecule has 3 rings (SSSR count). The van der Waals surface area contributed by atoms with Crippen LogP contribution in [0.1, 0.15) is 47.0 Å². The van der Waals surface area contributed by atoms with Crippen LogP contribution in [0.3, 0.4) is 0 Å². The van der Waals surface area contributed by atoms with Gasteiger partial charge in [0.05, 0.1) is 12.6 Å². The molecule has 132 valence electrons. The van der Waals surface area contributed by atoms with Crippen molar-refractivity contribution in [1.82, 2.24) is 10.2 Å². The van der Waals surface area contributed by atoms with E-state index in [2.05, 4.69) is 16.8 Å². The zero-order chi connectivity index (χ0) is 17.6. The van der Waals surface area contributed by atoms with E-state index in [9.17, 15) is 9.59 Å². The number of nitrogens with zero attached hydrogens (tertiary/aromatic N) is 1. The van der Waals surface area contributed by atoms with E-state index >= 15 is 0 Å². The maximum Gasteiger partial charge on any atom is 0.254 e. The van der Waals surface area contributed by atoms with Crippen LogP contribution in [0.2, 0.25) is 0 Å². The minimum Gasteiger partial charge on any atom is -0.347 e. The van der Waals surface area contributed by atoms with Gasteiger partial charge >= 0.3 is 0 Å². The molecule has 2 aromatic rings. The molecule has 1 heterocycles. The summed E-state index contributed by atoms with van der Waals surface area (Å²) in [6.45, 7) is 0.0717. The maximum absolute atomic E-state index is 12.6. The first-order chi connectivity index (χ1) is 12.1. The quantitative estimate of drug-likeness (QED) is 0.854. The Morgan fingerprint density at radius 2 is 1.88 bits per heavy atom. The molecule has 0 bridgehead atoms. The van der Waals surface area contributed by atoms with Crippen LogP contribution in [0.5, 0.6) is 0 Å². The second-order valence-electron chi connectivity index (χ2n) is 6.63.